The number of aromatic nitrogens is 1. The average Bonchev–Trinajstić information content (AvgIpc) is 3.28. The van der Waals surface area contributed by atoms with E-state index in [1.165, 1.54) is 11.3 Å². The van der Waals surface area contributed by atoms with Crippen molar-refractivity contribution in [3.63, 3.8) is 0 Å². The van der Waals surface area contributed by atoms with Gasteiger partial charge in [0, 0.05) is 24.2 Å². The molecule has 4 aromatic rings. The van der Waals surface area contributed by atoms with Crippen LogP contribution in [0.1, 0.15) is 17.0 Å². The summed E-state index contributed by atoms with van der Waals surface area (Å²) in [5, 5.41) is 1.18. The Hall–Kier alpha value is -3.13. The van der Waals surface area contributed by atoms with Gasteiger partial charge in [0.15, 0.2) is 5.13 Å². The molecule has 1 aliphatic rings. The number of ether oxygens (including phenoxy) is 2. The van der Waals surface area contributed by atoms with Crippen LogP contribution >= 0.6 is 22.9 Å². The van der Waals surface area contributed by atoms with Crippen LogP contribution in [-0.2, 0) is 4.79 Å². The fourth-order valence-electron chi connectivity index (χ4n) is 4.15. The zero-order chi connectivity index (χ0) is 23.8. The zero-order valence-electron chi connectivity index (χ0n) is 19.1. The van der Waals surface area contributed by atoms with Gasteiger partial charge < -0.3 is 14.4 Å². The first-order valence-electron chi connectivity index (χ1n) is 10.9. The Labute approximate surface area is 207 Å². The van der Waals surface area contributed by atoms with Crippen molar-refractivity contribution in [1.82, 2.24) is 9.88 Å². The van der Waals surface area contributed by atoms with E-state index in [4.69, 9.17) is 26.1 Å². The second-order valence-corrected chi connectivity index (χ2v) is 9.71. The lowest BCUT2D eigenvalue weighted by atomic mass is 9.87. The molecule has 1 aliphatic heterocycles. The normalized spacial score (nSPS) is 12.9. The monoisotopic (exact) mass is 493 g/mol. The molecule has 5 rings (SSSR count). The highest BCUT2D eigenvalue weighted by molar-refractivity contribution is 7.23. The molecule has 174 valence electrons. The number of likely N-dealkylation sites (N-methyl/N-ethyl adjacent to an activating group) is 1. The van der Waals surface area contributed by atoms with Gasteiger partial charge in [-0.05, 0) is 38.4 Å². The van der Waals surface area contributed by atoms with Crippen molar-refractivity contribution in [3.05, 3.63) is 76.8 Å². The van der Waals surface area contributed by atoms with Gasteiger partial charge in [0.05, 0.1) is 22.8 Å². The Balaban J connectivity index is 1.64. The van der Waals surface area contributed by atoms with Crippen LogP contribution in [0.25, 0.3) is 10.2 Å². The molecule has 1 amide bonds. The molecule has 0 fully saturated rings. The Kier molecular flexibility index (Phi) is 6.16. The SMILES string of the molecule is COc1ccc(Cl)c2sc(N(CCN(C)C)C(=O)C3c4ccccc4Oc4ccccc43)nc12. The van der Waals surface area contributed by atoms with Crippen molar-refractivity contribution >= 4 is 44.2 Å². The number of para-hydroxylation sites is 2. The Bertz CT molecular complexity index is 1330. The topological polar surface area (TPSA) is 54.9 Å². The lowest BCUT2D eigenvalue weighted by Gasteiger charge is -2.31. The first-order chi connectivity index (χ1) is 16.5. The van der Waals surface area contributed by atoms with Crippen LogP contribution in [0.3, 0.4) is 0 Å². The summed E-state index contributed by atoms with van der Waals surface area (Å²) in [6.07, 6.45) is 0. The van der Waals surface area contributed by atoms with Crippen LogP contribution in [0.15, 0.2) is 60.7 Å². The number of hydrogen-bond acceptors (Lipinski definition) is 6. The van der Waals surface area contributed by atoms with Gasteiger partial charge in [-0.3, -0.25) is 9.69 Å². The van der Waals surface area contributed by atoms with E-state index in [0.717, 1.165) is 15.8 Å². The van der Waals surface area contributed by atoms with Crippen molar-refractivity contribution in [3.8, 4) is 17.2 Å². The highest BCUT2D eigenvalue weighted by Crippen LogP contribution is 2.46. The molecular formula is C26H24ClN3O3S. The van der Waals surface area contributed by atoms with Gasteiger partial charge in [-0.15, -0.1) is 0 Å². The van der Waals surface area contributed by atoms with E-state index >= 15 is 0 Å². The number of fused-ring (bicyclic) bond motifs is 3. The molecule has 0 aliphatic carbocycles. The van der Waals surface area contributed by atoms with Crippen LogP contribution in [0, 0.1) is 0 Å². The third kappa shape index (κ3) is 4.00. The number of hydrogen-bond donors (Lipinski definition) is 0. The van der Waals surface area contributed by atoms with Gasteiger partial charge in [-0.25, -0.2) is 4.98 Å². The zero-order valence-corrected chi connectivity index (χ0v) is 20.7. The fourth-order valence-corrected chi connectivity index (χ4v) is 5.44. The number of amides is 1. The Morgan fingerprint density at radius 2 is 1.68 bits per heavy atom. The summed E-state index contributed by atoms with van der Waals surface area (Å²) in [6, 6.07) is 19.0. The van der Waals surface area contributed by atoms with E-state index in [0.29, 0.717) is 46.0 Å². The number of thiazole rings is 1. The second-order valence-electron chi connectivity index (χ2n) is 8.33. The van der Waals surface area contributed by atoms with Crippen molar-refractivity contribution < 1.29 is 14.3 Å². The molecule has 8 heteroatoms. The van der Waals surface area contributed by atoms with Crippen molar-refractivity contribution in [2.24, 2.45) is 0 Å². The minimum Gasteiger partial charge on any atom is -0.494 e. The number of benzene rings is 3. The number of halogens is 1. The summed E-state index contributed by atoms with van der Waals surface area (Å²) in [4.78, 5) is 22.9. The molecule has 0 atom stereocenters. The molecule has 0 bridgehead atoms. The molecule has 3 aromatic carbocycles. The maximum Gasteiger partial charge on any atom is 0.241 e. The first kappa shape index (κ1) is 22.7. The molecule has 0 spiro atoms. The predicted molar refractivity (Wildman–Crippen MR) is 137 cm³/mol. The molecular weight excluding hydrogens is 470 g/mol. The molecule has 2 heterocycles. The Morgan fingerprint density at radius 3 is 2.29 bits per heavy atom. The molecule has 0 saturated carbocycles. The number of carbonyl (C=O) groups is 1. The molecule has 6 nitrogen and oxygen atoms in total. The molecule has 0 N–H and O–H groups in total. The van der Waals surface area contributed by atoms with Gasteiger partial charge in [0.25, 0.3) is 0 Å². The van der Waals surface area contributed by atoms with E-state index in [9.17, 15) is 4.79 Å². The van der Waals surface area contributed by atoms with Gasteiger partial charge in [0.2, 0.25) is 5.91 Å². The number of methoxy groups -OCH3 is 1. The predicted octanol–water partition coefficient (Wildman–Crippen LogP) is 5.79. The van der Waals surface area contributed by atoms with Crippen LogP contribution in [0.5, 0.6) is 17.2 Å². The summed E-state index contributed by atoms with van der Waals surface area (Å²) in [6.45, 7) is 1.16. The molecule has 0 saturated heterocycles. The highest BCUT2D eigenvalue weighted by atomic mass is 35.5. The Morgan fingerprint density at radius 1 is 1.03 bits per heavy atom. The number of anilines is 1. The van der Waals surface area contributed by atoms with Gasteiger partial charge in [-0.1, -0.05) is 59.3 Å². The lowest BCUT2D eigenvalue weighted by Crippen LogP contribution is -2.40. The maximum atomic E-state index is 14.3. The van der Waals surface area contributed by atoms with Crippen LogP contribution in [0.4, 0.5) is 5.13 Å². The molecule has 0 radical (unpaired) electrons. The van der Waals surface area contributed by atoms with Crippen LogP contribution in [-0.4, -0.2) is 50.1 Å². The van der Waals surface area contributed by atoms with E-state index in [2.05, 4.69) is 0 Å². The van der Waals surface area contributed by atoms with E-state index in [1.54, 1.807) is 24.1 Å². The first-order valence-corrected chi connectivity index (χ1v) is 12.1. The van der Waals surface area contributed by atoms with E-state index in [1.807, 2.05) is 67.5 Å². The standard InChI is InChI=1S/C26H24ClN3O3S/c1-29(2)14-15-30(26-28-23-21(32-3)13-12-18(27)24(23)34-26)25(31)22-16-8-4-6-10-19(16)33-20-11-7-5-9-17(20)22/h4-13,22H,14-15H2,1-3H3. The summed E-state index contributed by atoms with van der Waals surface area (Å²) in [5.41, 5.74) is 2.35. The third-order valence-electron chi connectivity index (χ3n) is 5.86. The van der Waals surface area contributed by atoms with Crippen molar-refractivity contribution in [2.75, 3.05) is 39.2 Å². The fraction of sp³-hybridized carbons (Fsp3) is 0.231. The van der Waals surface area contributed by atoms with E-state index in [-0.39, 0.29) is 5.91 Å². The van der Waals surface area contributed by atoms with Crippen molar-refractivity contribution in [2.45, 2.75) is 5.92 Å². The summed E-state index contributed by atoms with van der Waals surface area (Å²) < 4.78 is 12.4. The molecule has 1 aromatic heterocycles. The summed E-state index contributed by atoms with van der Waals surface area (Å²) in [7, 11) is 5.58. The van der Waals surface area contributed by atoms with Gasteiger partial charge >= 0.3 is 0 Å². The molecule has 34 heavy (non-hydrogen) atoms. The lowest BCUT2D eigenvalue weighted by molar-refractivity contribution is -0.119. The van der Waals surface area contributed by atoms with Crippen molar-refractivity contribution in [1.29, 1.82) is 0 Å². The van der Waals surface area contributed by atoms with E-state index < -0.39 is 5.92 Å². The quantitative estimate of drug-likeness (QED) is 0.340. The largest absolute Gasteiger partial charge is 0.494 e. The summed E-state index contributed by atoms with van der Waals surface area (Å²) in [5.74, 6) is 1.46. The van der Waals surface area contributed by atoms with Gasteiger partial charge in [-0.2, -0.15) is 0 Å². The minimum atomic E-state index is -0.507. The summed E-state index contributed by atoms with van der Waals surface area (Å²) >= 11 is 7.88. The number of carbonyl (C=O) groups excluding carboxylic acids is 1. The third-order valence-corrected chi connectivity index (χ3v) is 7.40. The second kappa shape index (κ2) is 9.25. The number of rotatable bonds is 6. The smallest absolute Gasteiger partial charge is 0.241 e. The minimum absolute atomic E-state index is 0.0563. The average molecular weight is 494 g/mol. The van der Waals surface area contributed by atoms with Gasteiger partial charge in [0.1, 0.15) is 22.8 Å². The van der Waals surface area contributed by atoms with Crippen LogP contribution < -0.4 is 14.4 Å². The number of nitrogens with zero attached hydrogens (tertiary/aromatic N) is 3. The highest BCUT2D eigenvalue weighted by Gasteiger charge is 2.36. The molecule has 0 unspecified atom stereocenters. The van der Waals surface area contributed by atoms with Crippen LogP contribution in [0.2, 0.25) is 5.02 Å². The maximum absolute atomic E-state index is 14.3.